The number of hydrogen-bond acceptors (Lipinski definition) is 4. The monoisotopic (exact) mass is 453 g/mol. The van der Waals surface area contributed by atoms with Gasteiger partial charge in [-0.15, -0.1) is 0 Å². The molecule has 178 valence electrons. The van der Waals surface area contributed by atoms with Gasteiger partial charge in [-0.3, -0.25) is 10.0 Å². The number of carbonyl (C=O) groups excluding carboxylic acids is 2. The summed E-state index contributed by atoms with van der Waals surface area (Å²) in [6.45, 7) is 1.81. The van der Waals surface area contributed by atoms with Gasteiger partial charge in [-0.25, -0.2) is 10.3 Å². The minimum Gasteiger partial charge on any atom is -0.380 e. The molecule has 0 unspecified atom stereocenters. The largest absolute Gasteiger partial charge is 0.380 e. The Morgan fingerprint density at radius 3 is 1.97 bits per heavy atom. The fourth-order valence-corrected chi connectivity index (χ4v) is 4.65. The van der Waals surface area contributed by atoms with Gasteiger partial charge in [-0.2, -0.15) is 0 Å². The van der Waals surface area contributed by atoms with Crippen LogP contribution in [-0.2, 0) is 10.4 Å². The Hall–Kier alpha value is -2.90. The molecule has 0 atom stereocenters. The molecule has 0 aliphatic carbocycles. The predicted molar refractivity (Wildman–Crippen MR) is 127 cm³/mol. The van der Waals surface area contributed by atoms with Gasteiger partial charge in [0.1, 0.15) is 5.60 Å². The van der Waals surface area contributed by atoms with Crippen LogP contribution in [0.3, 0.4) is 0 Å². The van der Waals surface area contributed by atoms with Crippen molar-refractivity contribution in [2.45, 2.75) is 50.5 Å². The number of hydrogen-bond donors (Lipinski definition) is 4. The Kier molecular flexibility index (Phi) is 9.27. The fraction of sp³-hybridized carbons (Fsp3) is 0.462. The molecule has 2 aromatic carbocycles. The van der Waals surface area contributed by atoms with Crippen molar-refractivity contribution < 1.29 is 19.9 Å². The standard InChI is InChI=1S/C26H35N3O4/c30-24(28-33)15-9-1-2-10-18-27-25(31)29-19-16-23(17-20-29)26(32,21-11-5-3-6-12-21)22-13-7-4-8-14-22/h3-8,11-14,23,32-33H,1-2,9-10,15-20H2,(H,27,31)(H,28,30). The third kappa shape index (κ3) is 6.55. The zero-order chi connectivity index (χ0) is 23.5. The Labute approximate surface area is 195 Å². The highest BCUT2D eigenvalue weighted by atomic mass is 16.5. The highest BCUT2D eigenvalue weighted by Crippen LogP contribution is 2.41. The second-order valence-electron chi connectivity index (χ2n) is 8.69. The van der Waals surface area contributed by atoms with Crippen molar-refractivity contribution >= 4 is 11.9 Å². The van der Waals surface area contributed by atoms with E-state index < -0.39 is 5.60 Å². The van der Waals surface area contributed by atoms with E-state index in [4.69, 9.17) is 5.21 Å². The van der Waals surface area contributed by atoms with Crippen molar-refractivity contribution in [1.82, 2.24) is 15.7 Å². The summed E-state index contributed by atoms with van der Waals surface area (Å²) in [6.07, 6.45) is 5.14. The lowest BCUT2D eigenvalue weighted by Crippen LogP contribution is -2.49. The van der Waals surface area contributed by atoms with E-state index in [1.54, 1.807) is 5.48 Å². The van der Waals surface area contributed by atoms with Crippen LogP contribution in [0.2, 0.25) is 0 Å². The molecule has 0 radical (unpaired) electrons. The zero-order valence-corrected chi connectivity index (χ0v) is 19.1. The van der Waals surface area contributed by atoms with Crippen LogP contribution < -0.4 is 10.8 Å². The number of piperidine rings is 1. The summed E-state index contributed by atoms with van der Waals surface area (Å²) in [7, 11) is 0. The lowest BCUT2D eigenvalue weighted by molar-refractivity contribution is -0.129. The van der Waals surface area contributed by atoms with Gasteiger partial charge in [0.25, 0.3) is 0 Å². The Balaban J connectivity index is 1.49. The molecule has 0 bridgehead atoms. The summed E-state index contributed by atoms with van der Waals surface area (Å²) in [5, 5.41) is 23.4. The molecule has 7 heteroatoms. The van der Waals surface area contributed by atoms with Crippen molar-refractivity contribution in [2.75, 3.05) is 19.6 Å². The van der Waals surface area contributed by atoms with Gasteiger partial charge in [0.2, 0.25) is 5.91 Å². The molecule has 1 fully saturated rings. The van der Waals surface area contributed by atoms with Crippen LogP contribution in [0.15, 0.2) is 60.7 Å². The summed E-state index contributed by atoms with van der Waals surface area (Å²) in [4.78, 5) is 25.4. The molecule has 2 aromatic rings. The van der Waals surface area contributed by atoms with E-state index in [2.05, 4.69) is 5.32 Å². The SMILES string of the molecule is O=C(CCCCCCNC(=O)N1CCC(C(O)(c2ccccc2)c2ccccc2)CC1)NO. The maximum Gasteiger partial charge on any atom is 0.317 e. The van der Waals surface area contributed by atoms with E-state index in [1.807, 2.05) is 65.6 Å². The summed E-state index contributed by atoms with van der Waals surface area (Å²) < 4.78 is 0. The fourth-order valence-electron chi connectivity index (χ4n) is 4.65. The number of amides is 3. The number of rotatable bonds is 10. The number of urea groups is 1. The first-order chi connectivity index (χ1) is 16.1. The van der Waals surface area contributed by atoms with Crippen LogP contribution in [-0.4, -0.2) is 46.8 Å². The smallest absolute Gasteiger partial charge is 0.317 e. The third-order valence-electron chi connectivity index (χ3n) is 6.53. The average molecular weight is 454 g/mol. The Bertz CT molecular complexity index is 828. The first-order valence-electron chi connectivity index (χ1n) is 11.8. The number of nitrogens with zero attached hydrogens (tertiary/aromatic N) is 1. The Morgan fingerprint density at radius 1 is 0.879 bits per heavy atom. The lowest BCUT2D eigenvalue weighted by Gasteiger charge is -2.42. The molecule has 7 nitrogen and oxygen atoms in total. The number of benzene rings is 2. The van der Waals surface area contributed by atoms with Gasteiger partial charge in [0.15, 0.2) is 0 Å². The van der Waals surface area contributed by atoms with Crippen LogP contribution in [0, 0.1) is 5.92 Å². The number of likely N-dealkylation sites (tertiary alicyclic amines) is 1. The summed E-state index contributed by atoms with van der Waals surface area (Å²) >= 11 is 0. The third-order valence-corrected chi connectivity index (χ3v) is 6.53. The van der Waals surface area contributed by atoms with E-state index in [0.717, 1.165) is 49.7 Å². The Morgan fingerprint density at radius 2 is 1.42 bits per heavy atom. The van der Waals surface area contributed by atoms with E-state index in [1.165, 1.54) is 0 Å². The summed E-state index contributed by atoms with van der Waals surface area (Å²) in [5.74, 6) is -0.347. The molecule has 4 N–H and O–H groups in total. The molecule has 1 aliphatic heterocycles. The molecular formula is C26H35N3O4. The van der Waals surface area contributed by atoms with E-state index in [-0.39, 0.29) is 17.9 Å². The van der Waals surface area contributed by atoms with E-state index in [0.29, 0.717) is 26.1 Å². The molecule has 33 heavy (non-hydrogen) atoms. The highest BCUT2D eigenvalue weighted by molar-refractivity contribution is 5.74. The van der Waals surface area contributed by atoms with Crippen LogP contribution in [0.5, 0.6) is 0 Å². The molecule has 1 heterocycles. The van der Waals surface area contributed by atoms with E-state index in [9.17, 15) is 14.7 Å². The van der Waals surface area contributed by atoms with Gasteiger partial charge >= 0.3 is 6.03 Å². The molecule has 1 aliphatic rings. The van der Waals surface area contributed by atoms with Gasteiger partial charge in [-0.1, -0.05) is 73.5 Å². The number of unbranched alkanes of at least 4 members (excludes halogenated alkanes) is 3. The van der Waals surface area contributed by atoms with Crippen LogP contribution in [0.1, 0.15) is 56.1 Å². The number of aliphatic hydroxyl groups is 1. The lowest BCUT2D eigenvalue weighted by atomic mass is 9.72. The number of nitrogens with one attached hydrogen (secondary N) is 2. The van der Waals surface area contributed by atoms with Crippen molar-refractivity contribution in [3.05, 3.63) is 71.8 Å². The van der Waals surface area contributed by atoms with Crippen molar-refractivity contribution in [3.8, 4) is 0 Å². The van der Waals surface area contributed by atoms with Gasteiger partial charge in [0.05, 0.1) is 0 Å². The normalized spacial score (nSPS) is 14.7. The first kappa shape index (κ1) is 24.7. The van der Waals surface area contributed by atoms with Gasteiger partial charge in [0, 0.05) is 26.1 Å². The first-order valence-corrected chi connectivity index (χ1v) is 11.8. The van der Waals surface area contributed by atoms with Crippen LogP contribution >= 0.6 is 0 Å². The molecule has 0 spiro atoms. The maximum absolute atomic E-state index is 12.6. The zero-order valence-electron chi connectivity index (χ0n) is 19.1. The minimum absolute atomic E-state index is 0.0162. The minimum atomic E-state index is -1.09. The molecule has 3 rings (SSSR count). The molecular weight excluding hydrogens is 418 g/mol. The predicted octanol–water partition coefficient (Wildman–Crippen LogP) is 3.80. The number of carbonyl (C=O) groups is 2. The van der Waals surface area contributed by atoms with Crippen LogP contribution in [0.4, 0.5) is 4.79 Å². The van der Waals surface area contributed by atoms with Crippen LogP contribution in [0.25, 0.3) is 0 Å². The van der Waals surface area contributed by atoms with Crippen molar-refractivity contribution in [2.24, 2.45) is 5.92 Å². The highest BCUT2D eigenvalue weighted by Gasteiger charge is 2.42. The topological polar surface area (TPSA) is 102 Å². The second kappa shape index (κ2) is 12.4. The van der Waals surface area contributed by atoms with Gasteiger partial charge < -0.3 is 15.3 Å². The molecule has 1 saturated heterocycles. The second-order valence-corrected chi connectivity index (χ2v) is 8.69. The molecule has 0 saturated carbocycles. The van der Waals surface area contributed by atoms with Crippen molar-refractivity contribution in [3.63, 3.8) is 0 Å². The quantitative estimate of drug-likeness (QED) is 0.250. The van der Waals surface area contributed by atoms with Gasteiger partial charge in [-0.05, 0) is 42.7 Å². The molecule has 3 amide bonds. The maximum atomic E-state index is 12.6. The summed E-state index contributed by atoms with van der Waals surface area (Å²) in [6, 6.07) is 19.5. The summed E-state index contributed by atoms with van der Waals surface area (Å²) in [5.41, 5.74) is 2.32. The average Bonchev–Trinajstić information content (AvgIpc) is 2.88. The van der Waals surface area contributed by atoms with E-state index >= 15 is 0 Å². The molecule has 0 aromatic heterocycles. The number of hydroxylamine groups is 1. The van der Waals surface area contributed by atoms with Crippen molar-refractivity contribution in [1.29, 1.82) is 0 Å².